The van der Waals surface area contributed by atoms with E-state index in [4.69, 9.17) is 9.94 Å². The normalized spacial score (nSPS) is 10.9. The van der Waals surface area contributed by atoms with Crippen LogP contribution in [0.5, 0.6) is 0 Å². The summed E-state index contributed by atoms with van der Waals surface area (Å²) in [6.07, 6.45) is -0.316. The van der Waals surface area contributed by atoms with Gasteiger partial charge in [0.25, 0.3) is 0 Å². The maximum absolute atomic E-state index is 12.1. The molecule has 0 spiro atoms. The number of nitrogens with one attached hydrogen (secondary N) is 1. The molecule has 0 atom stereocenters. The molecule has 2 aromatic rings. The molecular formula is C20H19BrN2O6. The molecule has 0 aromatic heterocycles. The quantitative estimate of drug-likeness (QED) is 0.269. The second-order valence-electron chi connectivity index (χ2n) is 5.80. The fourth-order valence-electron chi connectivity index (χ4n) is 2.34. The number of esters is 2. The van der Waals surface area contributed by atoms with Gasteiger partial charge in [0.15, 0.2) is 0 Å². The first-order valence-corrected chi connectivity index (χ1v) is 9.33. The Morgan fingerprint density at radius 3 is 2.41 bits per heavy atom. The van der Waals surface area contributed by atoms with Crippen LogP contribution < -0.4 is 5.32 Å². The maximum atomic E-state index is 12.1. The zero-order valence-electron chi connectivity index (χ0n) is 15.6. The van der Waals surface area contributed by atoms with E-state index in [9.17, 15) is 14.4 Å². The first-order valence-electron chi connectivity index (χ1n) is 8.54. The van der Waals surface area contributed by atoms with Gasteiger partial charge in [-0.05, 0) is 24.3 Å². The van der Waals surface area contributed by atoms with Crippen LogP contribution >= 0.6 is 15.9 Å². The van der Waals surface area contributed by atoms with E-state index in [-0.39, 0.29) is 30.7 Å². The highest BCUT2D eigenvalue weighted by molar-refractivity contribution is 9.10. The lowest BCUT2D eigenvalue weighted by molar-refractivity contribution is -0.143. The van der Waals surface area contributed by atoms with Crippen molar-refractivity contribution in [2.45, 2.75) is 12.8 Å². The van der Waals surface area contributed by atoms with Gasteiger partial charge in [0.05, 0.1) is 24.8 Å². The lowest BCUT2D eigenvalue weighted by Gasteiger charge is -2.10. The van der Waals surface area contributed by atoms with Crippen molar-refractivity contribution < 1.29 is 29.1 Å². The Bertz CT molecular complexity index is 911. The third-order valence-corrected chi connectivity index (χ3v) is 4.36. The van der Waals surface area contributed by atoms with Crippen LogP contribution in [0.1, 0.15) is 28.8 Å². The van der Waals surface area contributed by atoms with Crippen molar-refractivity contribution in [1.82, 2.24) is 0 Å². The van der Waals surface area contributed by atoms with Gasteiger partial charge in [-0.1, -0.05) is 45.4 Å². The Kier molecular flexibility index (Phi) is 8.35. The first kappa shape index (κ1) is 22.1. The molecule has 2 rings (SSSR count). The van der Waals surface area contributed by atoms with Crippen LogP contribution in [0.15, 0.2) is 58.2 Å². The number of rotatable bonds is 8. The van der Waals surface area contributed by atoms with E-state index in [0.29, 0.717) is 11.3 Å². The Hall–Kier alpha value is -3.20. The van der Waals surface area contributed by atoms with Gasteiger partial charge in [-0.2, -0.15) is 0 Å². The van der Waals surface area contributed by atoms with Crippen LogP contribution in [0.3, 0.4) is 0 Å². The minimum atomic E-state index is -0.625. The third kappa shape index (κ3) is 6.72. The van der Waals surface area contributed by atoms with Crippen molar-refractivity contribution in [3.8, 4) is 0 Å². The number of oxime groups is 1. The summed E-state index contributed by atoms with van der Waals surface area (Å²) >= 11 is 3.30. The zero-order valence-corrected chi connectivity index (χ0v) is 17.1. The molecule has 0 unspecified atom stereocenters. The van der Waals surface area contributed by atoms with Crippen LogP contribution in [-0.4, -0.2) is 42.5 Å². The van der Waals surface area contributed by atoms with Crippen LogP contribution in [0.25, 0.3) is 0 Å². The number of benzene rings is 2. The van der Waals surface area contributed by atoms with Gasteiger partial charge >= 0.3 is 11.9 Å². The predicted molar refractivity (Wildman–Crippen MR) is 109 cm³/mol. The van der Waals surface area contributed by atoms with Crippen LogP contribution in [-0.2, 0) is 19.1 Å². The van der Waals surface area contributed by atoms with Crippen LogP contribution in [0.4, 0.5) is 5.69 Å². The van der Waals surface area contributed by atoms with E-state index in [0.717, 1.165) is 4.47 Å². The number of ether oxygens (including phenoxy) is 2. The summed E-state index contributed by atoms with van der Waals surface area (Å²) in [5.74, 6) is -1.66. The smallest absolute Gasteiger partial charge is 0.339 e. The van der Waals surface area contributed by atoms with Gasteiger partial charge in [0.1, 0.15) is 12.3 Å². The second-order valence-corrected chi connectivity index (χ2v) is 6.72. The molecule has 0 aliphatic carbocycles. The molecule has 0 bridgehead atoms. The van der Waals surface area contributed by atoms with E-state index >= 15 is 0 Å². The second kappa shape index (κ2) is 11.0. The lowest BCUT2D eigenvalue weighted by Crippen LogP contribution is -2.19. The van der Waals surface area contributed by atoms with Crippen LogP contribution in [0, 0.1) is 0 Å². The lowest BCUT2D eigenvalue weighted by atomic mass is 10.1. The molecule has 0 heterocycles. The number of halogens is 1. The highest BCUT2D eigenvalue weighted by Crippen LogP contribution is 2.16. The predicted octanol–water partition coefficient (Wildman–Crippen LogP) is 3.38. The average Bonchev–Trinajstić information content (AvgIpc) is 2.73. The summed E-state index contributed by atoms with van der Waals surface area (Å²) in [4.78, 5) is 35.7. The summed E-state index contributed by atoms with van der Waals surface area (Å²) in [5, 5.41) is 14.8. The summed E-state index contributed by atoms with van der Waals surface area (Å²) in [7, 11) is 1.25. The van der Waals surface area contributed by atoms with E-state index < -0.39 is 17.8 Å². The fourth-order valence-corrected chi connectivity index (χ4v) is 2.61. The SMILES string of the molecule is COC(=O)c1ccccc1NC(=O)CCC(=O)OC/C(=N/O)c1ccc(Br)cc1. The van der Waals surface area contributed by atoms with Gasteiger partial charge in [-0.15, -0.1) is 0 Å². The van der Waals surface area contributed by atoms with Gasteiger partial charge in [-0.25, -0.2) is 4.79 Å². The molecule has 152 valence electrons. The number of para-hydroxylation sites is 1. The molecule has 0 aliphatic rings. The number of carbonyl (C=O) groups excluding carboxylic acids is 3. The van der Waals surface area contributed by atoms with Gasteiger partial charge in [-0.3, -0.25) is 9.59 Å². The Labute approximate surface area is 175 Å². The van der Waals surface area contributed by atoms with Crippen LogP contribution in [0.2, 0.25) is 0 Å². The highest BCUT2D eigenvalue weighted by Gasteiger charge is 2.15. The third-order valence-electron chi connectivity index (χ3n) is 3.83. The number of nitrogens with zero attached hydrogens (tertiary/aromatic N) is 1. The summed E-state index contributed by atoms with van der Waals surface area (Å²) < 4.78 is 10.6. The summed E-state index contributed by atoms with van der Waals surface area (Å²) in [5.41, 5.74) is 1.29. The largest absolute Gasteiger partial charge is 0.465 e. The van der Waals surface area contributed by atoms with E-state index in [1.165, 1.54) is 13.2 Å². The molecule has 2 N–H and O–H groups in total. The van der Waals surface area contributed by atoms with E-state index in [2.05, 4.69) is 31.1 Å². The first-order chi connectivity index (χ1) is 13.9. The number of amides is 1. The Morgan fingerprint density at radius 1 is 1.07 bits per heavy atom. The van der Waals surface area contributed by atoms with Gasteiger partial charge < -0.3 is 20.0 Å². The van der Waals surface area contributed by atoms with Crippen molar-refractivity contribution in [2.75, 3.05) is 19.0 Å². The molecule has 9 heteroatoms. The van der Waals surface area contributed by atoms with Crippen molar-refractivity contribution in [1.29, 1.82) is 0 Å². The summed E-state index contributed by atoms with van der Waals surface area (Å²) in [6, 6.07) is 13.3. The number of anilines is 1. The standard InChI is InChI=1S/C20H19BrN2O6/c1-28-20(26)15-4-2-3-5-16(15)22-18(24)10-11-19(25)29-12-17(23-27)13-6-8-14(21)9-7-13/h2-9,27H,10-12H2,1H3,(H,22,24)/b23-17-. The minimum Gasteiger partial charge on any atom is -0.465 e. The van der Waals surface area contributed by atoms with Crippen molar-refractivity contribution in [3.05, 3.63) is 64.1 Å². The Morgan fingerprint density at radius 2 is 1.76 bits per heavy atom. The molecule has 2 aromatic carbocycles. The zero-order chi connectivity index (χ0) is 21.2. The summed E-state index contributed by atoms with van der Waals surface area (Å²) in [6.45, 7) is -0.232. The average molecular weight is 463 g/mol. The number of carbonyl (C=O) groups is 3. The van der Waals surface area contributed by atoms with E-state index in [1.807, 2.05) is 0 Å². The molecule has 0 saturated carbocycles. The van der Waals surface area contributed by atoms with Crippen molar-refractivity contribution in [3.63, 3.8) is 0 Å². The van der Waals surface area contributed by atoms with E-state index in [1.54, 1.807) is 42.5 Å². The van der Waals surface area contributed by atoms with Crippen molar-refractivity contribution in [2.24, 2.45) is 5.16 Å². The Balaban J connectivity index is 1.84. The molecule has 0 aliphatic heterocycles. The van der Waals surface area contributed by atoms with Gasteiger partial charge in [0, 0.05) is 16.5 Å². The number of methoxy groups -OCH3 is 1. The molecule has 29 heavy (non-hydrogen) atoms. The number of hydrogen-bond acceptors (Lipinski definition) is 7. The monoisotopic (exact) mass is 462 g/mol. The molecule has 0 saturated heterocycles. The molecule has 0 radical (unpaired) electrons. The van der Waals surface area contributed by atoms with Gasteiger partial charge in [0.2, 0.25) is 5.91 Å². The molecule has 1 amide bonds. The molecular weight excluding hydrogens is 444 g/mol. The number of hydrogen-bond donors (Lipinski definition) is 2. The molecule has 8 nitrogen and oxygen atoms in total. The highest BCUT2D eigenvalue weighted by atomic mass is 79.9. The minimum absolute atomic E-state index is 0.141. The fraction of sp³-hybridized carbons (Fsp3) is 0.200. The maximum Gasteiger partial charge on any atom is 0.339 e. The molecule has 0 fully saturated rings. The topological polar surface area (TPSA) is 114 Å². The van der Waals surface area contributed by atoms with Crippen molar-refractivity contribution >= 4 is 45.2 Å².